The molecule has 24 heavy (non-hydrogen) atoms. The largest absolute Gasteiger partial charge is 0.345 e. The van der Waals surface area contributed by atoms with Crippen LogP contribution in [-0.2, 0) is 18.3 Å². The fraction of sp³-hybridized carbons (Fsp3) is 0.375. The van der Waals surface area contributed by atoms with E-state index in [9.17, 15) is 4.79 Å². The van der Waals surface area contributed by atoms with Crippen LogP contribution in [0, 0.1) is 0 Å². The molecule has 1 amide bonds. The van der Waals surface area contributed by atoms with Gasteiger partial charge in [-0.15, -0.1) is 11.3 Å². The van der Waals surface area contributed by atoms with Gasteiger partial charge in [-0.2, -0.15) is 5.10 Å². The van der Waals surface area contributed by atoms with E-state index < -0.39 is 0 Å². The van der Waals surface area contributed by atoms with Gasteiger partial charge in [0.2, 0.25) is 5.91 Å². The maximum atomic E-state index is 12.6. The Morgan fingerprint density at radius 3 is 2.88 bits per heavy atom. The van der Waals surface area contributed by atoms with Gasteiger partial charge in [-0.25, -0.2) is 9.97 Å². The summed E-state index contributed by atoms with van der Waals surface area (Å²) in [7, 11) is 1.85. The van der Waals surface area contributed by atoms with Gasteiger partial charge in [0.25, 0.3) is 0 Å². The molecule has 3 aromatic rings. The molecule has 0 aromatic carbocycles. The number of piperazine rings is 1. The molecule has 1 saturated heterocycles. The predicted molar refractivity (Wildman–Crippen MR) is 94.6 cm³/mol. The van der Waals surface area contributed by atoms with Crippen LogP contribution in [-0.4, -0.2) is 45.3 Å². The third-order valence-corrected chi connectivity index (χ3v) is 5.00. The smallest absolute Gasteiger partial charge is 0.246 e. The SMILES string of the molecule is CCc1nc(N2CCN(c3cnn(C)c3)C(=O)C2)c2ccsc2n1. The second kappa shape index (κ2) is 5.86. The number of anilines is 2. The zero-order valence-corrected chi connectivity index (χ0v) is 14.5. The number of amides is 1. The lowest BCUT2D eigenvalue weighted by molar-refractivity contribution is -0.117. The number of carbonyl (C=O) groups excluding carboxylic acids is 1. The highest BCUT2D eigenvalue weighted by Crippen LogP contribution is 2.29. The van der Waals surface area contributed by atoms with Crippen LogP contribution in [0.2, 0.25) is 0 Å². The van der Waals surface area contributed by atoms with E-state index in [0.29, 0.717) is 13.1 Å². The average Bonchev–Trinajstić information content (AvgIpc) is 3.22. The molecule has 0 saturated carbocycles. The van der Waals surface area contributed by atoms with Crippen molar-refractivity contribution in [3.63, 3.8) is 0 Å². The molecule has 124 valence electrons. The third-order valence-electron chi connectivity index (χ3n) is 4.19. The van der Waals surface area contributed by atoms with Gasteiger partial charge >= 0.3 is 0 Å². The van der Waals surface area contributed by atoms with Crippen LogP contribution in [0.1, 0.15) is 12.7 Å². The highest BCUT2D eigenvalue weighted by molar-refractivity contribution is 7.16. The van der Waals surface area contributed by atoms with Crippen molar-refractivity contribution >= 4 is 39.0 Å². The number of carbonyl (C=O) groups is 1. The lowest BCUT2D eigenvalue weighted by Crippen LogP contribution is -2.51. The number of aryl methyl sites for hydroxylation is 2. The Labute approximate surface area is 143 Å². The number of fused-ring (bicyclic) bond motifs is 1. The molecule has 0 unspecified atom stereocenters. The van der Waals surface area contributed by atoms with Crippen molar-refractivity contribution in [2.75, 3.05) is 29.4 Å². The molecule has 8 heteroatoms. The Morgan fingerprint density at radius 1 is 1.29 bits per heavy atom. The zero-order valence-electron chi connectivity index (χ0n) is 13.6. The summed E-state index contributed by atoms with van der Waals surface area (Å²) < 4.78 is 1.71. The highest BCUT2D eigenvalue weighted by atomic mass is 32.1. The first-order valence-corrected chi connectivity index (χ1v) is 8.81. The Kier molecular flexibility index (Phi) is 3.68. The summed E-state index contributed by atoms with van der Waals surface area (Å²) in [4.78, 5) is 26.7. The standard InChI is InChI=1S/C16H18N6OS/c1-3-13-18-15(12-4-7-24-16(12)19-13)21-5-6-22(14(23)10-21)11-8-17-20(2)9-11/h4,7-9H,3,5-6,10H2,1-2H3. The predicted octanol–water partition coefficient (Wildman–Crippen LogP) is 1.84. The van der Waals surface area contributed by atoms with Crippen molar-refractivity contribution in [3.05, 3.63) is 29.7 Å². The van der Waals surface area contributed by atoms with Crippen molar-refractivity contribution in [2.45, 2.75) is 13.3 Å². The number of aromatic nitrogens is 4. The summed E-state index contributed by atoms with van der Waals surface area (Å²) in [6.45, 7) is 3.73. The van der Waals surface area contributed by atoms with Crippen molar-refractivity contribution in [3.8, 4) is 0 Å². The molecule has 3 aromatic heterocycles. The van der Waals surface area contributed by atoms with Gasteiger partial charge in [0.05, 0.1) is 23.8 Å². The molecule has 0 radical (unpaired) electrons. The summed E-state index contributed by atoms with van der Waals surface area (Å²) in [5.41, 5.74) is 0.847. The van der Waals surface area contributed by atoms with E-state index in [1.54, 1.807) is 27.1 Å². The Balaban J connectivity index is 1.63. The molecule has 7 nitrogen and oxygen atoms in total. The summed E-state index contributed by atoms with van der Waals surface area (Å²) in [5, 5.41) is 7.20. The lowest BCUT2D eigenvalue weighted by Gasteiger charge is -2.34. The fourth-order valence-electron chi connectivity index (χ4n) is 2.96. The van der Waals surface area contributed by atoms with Gasteiger partial charge in [0.1, 0.15) is 16.5 Å². The lowest BCUT2D eigenvalue weighted by atomic mass is 10.2. The molecule has 4 heterocycles. The Hall–Kier alpha value is -2.48. The van der Waals surface area contributed by atoms with Gasteiger partial charge in [-0.05, 0) is 11.4 Å². The fourth-order valence-corrected chi connectivity index (χ4v) is 3.73. The molecular weight excluding hydrogens is 324 g/mol. The van der Waals surface area contributed by atoms with E-state index in [1.807, 2.05) is 31.6 Å². The monoisotopic (exact) mass is 342 g/mol. The first-order chi connectivity index (χ1) is 11.7. The second-order valence-electron chi connectivity index (χ2n) is 5.80. The van der Waals surface area contributed by atoms with Crippen LogP contribution < -0.4 is 9.80 Å². The van der Waals surface area contributed by atoms with Crippen molar-refractivity contribution in [2.24, 2.45) is 7.05 Å². The van der Waals surface area contributed by atoms with Crippen LogP contribution in [0.5, 0.6) is 0 Å². The zero-order chi connectivity index (χ0) is 16.7. The van der Waals surface area contributed by atoms with Gasteiger partial charge in [0.15, 0.2) is 0 Å². The third kappa shape index (κ3) is 2.52. The molecule has 1 aliphatic rings. The Morgan fingerprint density at radius 2 is 2.17 bits per heavy atom. The van der Waals surface area contributed by atoms with E-state index in [1.165, 1.54) is 0 Å². The molecule has 0 N–H and O–H groups in total. The van der Waals surface area contributed by atoms with Crippen molar-refractivity contribution in [1.29, 1.82) is 0 Å². The summed E-state index contributed by atoms with van der Waals surface area (Å²) in [6.07, 6.45) is 4.37. The van der Waals surface area contributed by atoms with E-state index in [0.717, 1.165) is 40.5 Å². The van der Waals surface area contributed by atoms with Crippen LogP contribution in [0.15, 0.2) is 23.8 Å². The number of rotatable bonds is 3. The topological polar surface area (TPSA) is 67.2 Å². The highest BCUT2D eigenvalue weighted by Gasteiger charge is 2.28. The van der Waals surface area contributed by atoms with Crippen molar-refractivity contribution in [1.82, 2.24) is 19.7 Å². The first-order valence-electron chi connectivity index (χ1n) is 7.94. The van der Waals surface area contributed by atoms with E-state index >= 15 is 0 Å². The minimum absolute atomic E-state index is 0.0642. The summed E-state index contributed by atoms with van der Waals surface area (Å²) in [5.74, 6) is 1.76. The molecule has 0 aliphatic carbocycles. The first kappa shape index (κ1) is 15.1. The number of nitrogens with zero attached hydrogens (tertiary/aromatic N) is 6. The molecule has 0 atom stereocenters. The minimum Gasteiger partial charge on any atom is -0.345 e. The molecular formula is C16H18N6OS. The van der Waals surface area contributed by atoms with Crippen molar-refractivity contribution < 1.29 is 4.79 Å². The maximum Gasteiger partial charge on any atom is 0.246 e. The van der Waals surface area contributed by atoms with Gasteiger partial charge < -0.3 is 9.80 Å². The number of thiophene rings is 1. The van der Waals surface area contributed by atoms with E-state index in [4.69, 9.17) is 0 Å². The molecule has 1 aliphatic heterocycles. The van der Waals surface area contributed by atoms with Gasteiger partial charge in [-0.1, -0.05) is 6.92 Å². The van der Waals surface area contributed by atoms with Crippen LogP contribution in [0.25, 0.3) is 10.2 Å². The average molecular weight is 342 g/mol. The molecule has 1 fully saturated rings. The minimum atomic E-state index is 0.0642. The van der Waals surface area contributed by atoms with Gasteiger partial charge in [-0.3, -0.25) is 9.48 Å². The summed E-state index contributed by atoms with van der Waals surface area (Å²) in [6, 6.07) is 2.03. The van der Waals surface area contributed by atoms with Crippen LogP contribution >= 0.6 is 11.3 Å². The second-order valence-corrected chi connectivity index (χ2v) is 6.69. The van der Waals surface area contributed by atoms with Gasteiger partial charge in [0, 0.05) is 32.8 Å². The normalized spacial score (nSPS) is 15.5. The molecule has 0 bridgehead atoms. The van der Waals surface area contributed by atoms with Crippen LogP contribution in [0.3, 0.4) is 0 Å². The Bertz CT molecular complexity index is 901. The van der Waals surface area contributed by atoms with E-state index in [2.05, 4.69) is 20.0 Å². The molecule has 4 rings (SSSR count). The number of hydrogen-bond acceptors (Lipinski definition) is 6. The van der Waals surface area contributed by atoms with E-state index in [-0.39, 0.29) is 5.91 Å². The summed E-state index contributed by atoms with van der Waals surface area (Å²) >= 11 is 1.61. The maximum absolute atomic E-state index is 12.6. The number of hydrogen-bond donors (Lipinski definition) is 0. The van der Waals surface area contributed by atoms with Crippen LogP contribution in [0.4, 0.5) is 11.5 Å². The quantitative estimate of drug-likeness (QED) is 0.726. The molecule has 0 spiro atoms.